The normalized spacial score (nSPS) is 11.2. The van der Waals surface area contributed by atoms with Gasteiger partial charge in [-0.1, -0.05) is 11.6 Å². The minimum absolute atomic E-state index is 0.144. The van der Waals surface area contributed by atoms with E-state index in [4.69, 9.17) is 16.3 Å². The van der Waals surface area contributed by atoms with Crippen molar-refractivity contribution in [3.05, 3.63) is 28.9 Å². The molecule has 0 fully saturated rings. The summed E-state index contributed by atoms with van der Waals surface area (Å²) in [4.78, 5) is 4.40. The zero-order valence-corrected chi connectivity index (χ0v) is 14.1. The van der Waals surface area contributed by atoms with Crippen LogP contribution in [0.2, 0.25) is 5.02 Å². The molecule has 7 heteroatoms. The molecule has 0 saturated heterocycles. The van der Waals surface area contributed by atoms with Crippen molar-refractivity contribution in [3.8, 4) is 5.75 Å². The fraction of sp³-hybridized carbons (Fsp3) is 0.400. The molecule has 2 N–H and O–H groups in total. The van der Waals surface area contributed by atoms with E-state index in [0.717, 1.165) is 11.3 Å². The number of nitrogens with zero attached hydrogens (tertiary/aromatic N) is 3. The molecule has 0 amide bonds. The first kappa shape index (κ1) is 16.3. The van der Waals surface area contributed by atoms with Gasteiger partial charge in [-0.05, 0) is 39.3 Å². The molecular weight excluding hydrogens is 302 g/mol. The number of aromatic nitrogens is 3. The maximum absolute atomic E-state index is 6.11. The van der Waals surface area contributed by atoms with Gasteiger partial charge in [-0.15, -0.1) is 5.10 Å². The van der Waals surface area contributed by atoms with Gasteiger partial charge in [-0.2, -0.15) is 10.1 Å². The second-order valence-corrected chi connectivity index (χ2v) is 6.37. The van der Waals surface area contributed by atoms with Gasteiger partial charge in [0.05, 0.1) is 19.0 Å². The van der Waals surface area contributed by atoms with Crippen molar-refractivity contribution in [1.82, 2.24) is 15.2 Å². The first-order valence-electron chi connectivity index (χ1n) is 6.87. The Morgan fingerprint density at radius 3 is 2.59 bits per heavy atom. The highest BCUT2D eigenvalue weighted by molar-refractivity contribution is 6.31. The second-order valence-electron chi connectivity index (χ2n) is 5.97. The highest BCUT2D eigenvalue weighted by Gasteiger charge is 2.13. The van der Waals surface area contributed by atoms with Crippen molar-refractivity contribution < 1.29 is 4.74 Å². The predicted octanol–water partition coefficient (Wildman–Crippen LogP) is 3.80. The van der Waals surface area contributed by atoms with E-state index in [9.17, 15) is 0 Å². The first-order valence-corrected chi connectivity index (χ1v) is 7.25. The summed E-state index contributed by atoms with van der Waals surface area (Å²) in [6, 6.07) is 3.67. The third-order valence-electron chi connectivity index (χ3n) is 2.79. The summed E-state index contributed by atoms with van der Waals surface area (Å²) < 4.78 is 5.34. The van der Waals surface area contributed by atoms with E-state index in [2.05, 4.69) is 25.8 Å². The molecule has 6 nitrogen and oxygen atoms in total. The lowest BCUT2D eigenvalue weighted by Gasteiger charge is -2.20. The topological polar surface area (TPSA) is 72.0 Å². The number of hydrogen-bond donors (Lipinski definition) is 2. The molecule has 2 rings (SSSR count). The second kappa shape index (κ2) is 6.36. The van der Waals surface area contributed by atoms with Gasteiger partial charge in [0.15, 0.2) is 5.82 Å². The highest BCUT2D eigenvalue weighted by atomic mass is 35.5. The molecule has 1 aromatic carbocycles. The Bertz CT molecular complexity index is 669. The van der Waals surface area contributed by atoms with Crippen LogP contribution in [0, 0.1) is 6.92 Å². The lowest BCUT2D eigenvalue weighted by atomic mass is 10.1. The number of benzene rings is 1. The number of nitrogens with one attached hydrogen (secondary N) is 2. The summed E-state index contributed by atoms with van der Waals surface area (Å²) in [7, 11) is 1.59. The van der Waals surface area contributed by atoms with Crippen molar-refractivity contribution in [2.24, 2.45) is 0 Å². The van der Waals surface area contributed by atoms with E-state index in [0.29, 0.717) is 22.5 Å². The van der Waals surface area contributed by atoms with E-state index in [1.807, 2.05) is 33.8 Å². The summed E-state index contributed by atoms with van der Waals surface area (Å²) in [6.07, 6.45) is 1.55. The van der Waals surface area contributed by atoms with Gasteiger partial charge < -0.3 is 15.4 Å². The average Bonchev–Trinajstić information content (AvgIpc) is 2.41. The number of halogens is 1. The van der Waals surface area contributed by atoms with E-state index in [1.54, 1.807) is 19.4 Å². The molecule has 0 atom stereocenters. The third-order valence-corrected chi connectivity index (χ3v) is 3.20. The van der Waals surface area contributed by atoms with Crippen LogP contribution in [-0.2, 0) is 0 Å². The largest absolute Gasteiger partial charge is 0.495 e. The summed E-state index contributed by atoms with van der Waals surface area (Å²) in [6.45, 7) is 8.02. The van der Waals surface area contributed by atoms with E-state index in [1.165, 1.54) is 0 Å². The van der Waals surface area contributed by atoms with Gasteiger partial charge in [0.1, 0.15) is 5.75 Å². The van der Waals surface area contributed by atoms with Gasteiger partial charge in [-0.3, -0.25) is 0 Å². The lowest BCUT2D eigenvalue weighted by Crippen LogP contribution is -2.27. The number of hydrogen-bond acceptors (Lipinski definition) is 6. The first-order chi connectivity index (χ1) is 10.3. The van der Waals surface area contributed by atoms with Crippen LogP contribution < -0.4 is 15.4 Å². The van der Waals surface area contributed by atoms with Crippen LogP contribution in [-0.4, -0.2) is 27.8 Å². The van der Waals surface area contributed by atoms with Crippen molar-refractivity contribution in [1.29, 1.82) is 0 Å². The molecule has 1 aromatic heterocycles. The van der Waals surface area contributed by atoms with Crippen LogP contribution in [0.15, 0.2) is 18.3 Å². The number of rotatable bonds is 4. The van der Waals surface area contributed by atoms with Crippen LogP contribution in [0.1, 0.15) is 26.3 Å². The predicted molar refractivity (Wildman–Crippen MR) is 89.2 cm³/mol. The highest BCUT2D eigenvalue weighted by Crippen LogP contribution is 2.32. The minimum atomic E-state index is -0.144. The van der Waals surface area contributed by atoms with E-state index < -0.39 is 0 Å². The van der Waals surface area contributed by atoms with Crippen LogP contribution in [0.4, 0.5) is 17.5 Å². The maximum Gasteiger partial charge on any atom is 0.245 e. The Morgan fingerprint density at radius 1 is 1.23 bits per heavy atom. The average molecular weight is 322 g/mol. The van der Waals surface area contributed by atoms with Crippen molar-refractivity contribution in [3.63, 3.8) is 0 Å². The number of methoxy groups -OCH3 is 1. The lowest BCUT2D eigenvalue weighted by molar-refractivity contribution is 0.416. The molecule has 1 heterocycles. The Morgan fingerprint density at radius 2 is 1.95 bits per heavy atom. The van der Waals surface area contributed by atoms with Gasteiger partial charge in [0.25, 0.3) is 0 Å². The number of ether oxygens (including phenoxy) is 1. The monoisotopic (exact) mass is 321 g/mol. The van der Waals surface area contributed by atoms with Crippen LogP contribution >= 0.6 is 11.6 Å². The molecule has 0 aliphatic rings. The zero-order chi connectivity index (χ0) is 16.3. The fourth-order valence-corrected chi connectivity index (χ4v) is 1.97. The third kappa shape index (κ3) is 4.21. The quantitative estimate of drug-likeness (QED) is 0.892. The Kier molecular flexibility index (Phi) is 4.71. The summed E-state index contributed by atoms with van der Waals surface area (Å²) >= 11 is 6.11. The van der Waals surface area contributed by atoms with Gasteiger partial charge >= 0.3 is 0 Å². The van der Waals surface area contributed by atoms with Gasteiger partial charge in [0, 0.05) is 16.6 Å². The molecule has 22 heavy (non-hydrogen) atoms. The molecule has 0 aliphatic carbocycles. The molecule has 0 bridgehead atoms. The number of aryl methyl sites for hydroxylation is 1. The molecule has 0 radical (unpaired) electrons. The van der Waals surface area contributed by atoms with Gasteiger partial charge in [0.2, 0.25) is 5.95 Å². The van der Waals surface area contributed by atoms with Crippen molar-refractivity contribution in [2.75, 3.05) is 17.7 Å². The molecule has 0 spiro atoms. The van der Waals surface area contributed by atoms with E-state index in [-0.39, 0.29) is 5.54 Å². The van der Waals surface area contributed by atoms with Crippen LogP contribution in [0.3, 0.4) is 0 Å². The number of anilines is 3. The summed E-state index contributed by atoms with van der Waals surface area (Å²) in [5, 5.41) is 14.9. The van der Waals surface area contributed by atoms with Gasteiger partial charge in [-0.25, -0.2) is 0 Å². The zero-order valence-electron chi connectivity index (χ0n) is 13.4. The Balaban J connectivity index is 2.28. The molecule has 0 aliphatic heterocycles. The maximum atomic E-state index is 6.11. The summed E-state index contributed by atoms with van der Waals surface area (Å²) in [5.74, 6) is 1.67. The molecule has 118 valence electrons. The fourth-order valence-electron chi connectivity index (χ4n) is 1.82. The van der Waals surface area contributed by atoms with Crippen molar-refractivity contribution >= 4 is 29.1 Å². The van der Waals surface area contributed by atoms with Crippen LogP contribution in [0.25, 0.3) is 0 Å². The standard InChI is InChI=1S/C15H20ClN5O/c1-9-6-11(12(22-5)7-10(9)16)18-13-8-17-21-14(19-13)20-15(2,3)4/h6-8H,1-5H3,(H2,18,19,20,21). The molecule has 0 unspecified atom stereocenters. The van der Waals surface area contributed by atoms with Crippen LogP contribution in [0.5, 0.6) is 5.75 Å². The minimum Gasteiger partial charge on any atom is -0.495 e. The molecule has 0 saturated carbocycles. The smallest absolute Gasteiger partial charge is 0.245 e. The van der Waals surface area contributed by atoms with E-state index >= 15 is 0 Å². The SMILES string of the molecule is COc1cc(Cl)c(C)cc1Nc1cnnc(NC(C)(C)C)n1. The Hall–Kier alpha value is -2.08. The summed E-state index contributed by atoms with van der Waals surface area (Å²) in [5.41, 5.74) is 1.57. The molecule has 2 aromatic rings. The Labute approximate surface area is 135 Å². The van der Waals surface area contributed by atoms with Crippen molar-refractivity contribution in [2.45, 2.75) is 33.2 Å². The molecular formula is C15H20ClN5O.